The van der Waals surface area contributed by atoms with Gasteiger partial charge in [-0.1, -0.05) is 13.3 Å². The Morgan fingerprint density at radius 2 is 2.00 bits per heavy atom. The van der Waals surface area contributed by atoms with Crippen molar-refractivity contribution in [3.05, 3.63) is 0 Å². The number of nitrogens with one attached hydrogen (secondary N) is 2. The zero-order valence-electron chi connectivity index (χ0n) is 5.98. The van der Waals surface area contributed by atoms with Crippen LogP contribution < -0.4 is 10.8 Å². The van der Waals surface area contributed by atoms with Gasteiger partial charge in [-0.05, 0) is 13.0 Å². The largest absolute Gasteiger partial charge is 0.317 e. The zero-order chi connectivity index (χ0) is 6.95. The molecule has 9 heavy (non-hydrogen) atoms. The van der Waals surface area contributed by atoms with E-state index in [0.717, 1.165) is 13.1 Å². The molecule has 0 spiro atoms. The molecule has 0 aromatic carbocycles. The van der Waals surface area contributed by atoms with Gasteiger partial charge in [0.1, 0.15) is 0 Å². The van der Waals surface area contributed by atoms with Crippen molar-refractivity contribution in [2.75, 3.05) is 19.6 Å². The molecule has 0 atom stereocenters. The first kappa shape index (κ1) is 8.88. The molecule has 0 amide bonds. The van der Waals surface area contributed by atoms with Crippen LogP contribution in [0.3, 0.4) is 0 Å². The normalized spacial score (nSPS) is 10.0. The summed E-state index contributed by atoms with van der Waals surface area (Å²) in [5.74, 6) is 0. The first-order valence-corrected chi connectivity index (χ1v) is 3.49. The van der Waals surface area contributed by atoms with Crippen molar-refractivity contribution < 1.29 is 5.21 Å². The summed E-state index contributed by atoms with van der Waals surface area (Å²) in [6.07, 6.45) is 2.44. The Morgan fingerprint density at radius 3 is 2.56 bits per heavy atom. The molecule has 0 bridgehead atoms. The van der Waals surface area contributed by atoms with Crippen molar-refractivity contribution in [2.45, 2.75) is 19.8 Å². The third-order valence-corrected chi connectivity index (χ3v) is 1.12. The van der Waals surface area contributed by atoms with Crippen LogP contribution in [0.5, 0.6) is 0 Å². The second-order valence-corrected chi connectivity index (χ2v) is 2.01. The van der Waals surface area contributed by atoms with Crippen molar-refractivity contribution in [2.24, 2.45) is 0 Å². The van der Waals surface area contributed by atoms with Crippen LogP contribution in [0.2, 0.25) is 0 Å². The molecule has 3 N–H and O–H groups in total. The van der Waals surface area contributed by atoms with E-state index >= 15 is 0 Å². The molecule has 0 aromatic heterocycles. The minimum atomic E-state index is 0.629. The van der Waals surface area contributed by atoms with E-state index in [1.165, 1.54) is 12.8 Å². The van der Waals surface area contributed by atoms with E-state index in [1.54, 1.807) is 0 Å². The molecule has 0 saturated carbocycles. The van der Waals surface area contributed by atoms with Gasteiger partial charge in [-0.15, -0.1) is 0 Å². The Hall–Kier alpha value is -0.120. The molecule has 0 fully saturated rings. The van der Waals surface area contributed by atoms with E-state index in [9.17, 15) is 0 Å². The van der Waals surface area contributed by atoms with Crippen LogP contribution in [0, 0.1) is 0 Å². The molecule has 0 saturated heterocycles. The molecule has 0 rings (SSSR count). The monoisotopic (exact) mass is 132 g/mol. The predicted molar refractivity (Wildman–Crippen MR) is 37.6 cm³/mol. The van der Waals surface area contributed by atoms with Gasteiger partial charge < -0.3 is 10.5 Å². The van der Waals surface area contributed by atoms with E-state index < -0.39 is 0 Å². The van der Waals surface area contributed by atoms with Gasteiger partial charge in [-0.3, -0.25) is 0 Å². The van der Waals surface area contributed by atoms with Crippen molar-refractivity contribution in [1.82, 2.24) is 10.8 Å². The van der Waals surface area contributed by atoms with Crippen molar-refractivity contribution in [3.8, 4) is 0 Å². The lowest BCUT2D eigenvalue weighted by Gasteiger charge is -2.00. The van der Waals surface area contributed by atoms with Gasteiger partial charge in [-0.2, -0.15) is 0 Å². The molecule has 56 valence electrons. The summed E-state index contributed by atoms with van der Waals surface area (Å²) in [5.41, 5.74) is 2.08. The maximum atomic E-state index is 8.13. The molecule has 0 aliphatic rings. The number of hydroxylamine groups is 1. The molecule has 3 heteroatoms. The fourth-order valence-corrected chi connectivity index (χ4v) is 0.571. The Morgan fingerprint density at radius 1 is 1.22 bits per heavy atom. The first-order chi connectivity index (χ1) is 4.41. The average molecular weight is 132 g/mol. The maximum Gasteiger partial charge on any atom is 0.0332 e. The standard InChI is InChI=1S/C6H16N2O/c1-2-3-4-7-5-6-8-9/h7-9H,2-6H2,1H3. The lowest BCUT2D eigenvalue weighted by atomic mass is 10.3. The first-order valence-electron chi connectivity index (χ1n) is 3.49. The third kappa shape index (κ3) is 7.88. The Balaban J connectivity index is 2.60. The molecule has 0 heterocycles. The highest BCUT2D eigenvalue weighted by Crippen LogP contribution is 1.80. The summed E-state index contributed by atoms with van der Waals surface area (Å²) in [5, 5.41) is 11.3. The van der Waals surface area contributed by atoms with Crippen LogP contribution in [-0.4, -0.2) is 24.8 Å². The lowest BCUT2D eigenvalue weighted by molar-refractivity contribution is 0.167. The predicted octanol–water partition coefficient (Wildman–Crippen LogP) is 0.355. The van der Waals surface area contributed by atoms with Gasteiger partial charge in [0.05, 0.1) is 0 Å². The highest BCUT2D eigenvalue weighted by atomic mass is 16.5. The molecule has 0 aliphatic carbocycles. The number of hydrogen-bond acceptors (Lipinski definition) is 3. The number of unbranched alkanes of at least 4 members (excludes halogenated alkanes) is 1. The maximum absolute atomic E-state index is 8.13. The van der Waals surface area contributed by atoms with Crippen molar-refractivity contribution in [3.63, 3.8) is 0 Å². The van der Waals surface area contributed by atoms with Crippen LogP contribution in [-0.2, 0) is 0 Å². The highest BCUT2D eigenvalue weighted by molar-refractivity contribution is 4.45. The highest BCUT2D eigenvalue weighted by Gasteiger charge is 1.83. The fraction of sp³-hybridized carbons (Fsp3) is 1.00. The van der Waals surface area contributed by atoms with E-state index in [1.807, 2.05) is 0 Å². The summed E-state index contributed by atoms with van der Waals surface area (Å²) in [6.45, 7) is 4.68. The zero-order valence-corrected chi connectivity index (χ0v) is 5.98. The summed E-state index contributed by atoms with van der Waals surface area (Å²) < 4.78 is 0. The second-order valence-electron chi connectivity index (χ2n) is 2.01. The van der Waals surface area contributed by atoms with Gasteiger partial charge in [0, 0.05) is 13.1 Å². The summed E-state index contributed by atoms with van der Waals surface area (Å²) >= 11 is 0. The minimum absolute atomic E-state index is 0.629. The Labute approximate surface area is 56.4 Å². The van der Waals surface area contributed by atoms with Gasteiger partial charge in [-0.25, -0.2) is 5.48 Å². The van der Waals surface area contributed by atoms with Gasteiger partial charge in [0.2, 0.25) is 0 Å². The van der Waals surface area contributed by atoms with E-state index in [4.69, 9.17) is 5.21 Å². The Bertz CT molecular complexity index is 44.3. The van der Waals surface area contributed by atoms with Crippen LogP contribution in [0.15, 0.2) is 0 Å². The Kier molecular flexibility index (Phi) is 7.77. The average Bonchev–Trinajstić information content (AvgIpc) is 1.89. The van der Waals surface area contributed by atoms with Crippen LogP contribution in [0.1, 0.15) is 19.8 Å². The molecule has 0 radical (unpaired) electrons. The molecule has 0 aliphatic heterocycles. The van der Waals surface area contributed by atoms with Crippen molar-refractivity contribution in [1.29, 1.82) is 0 Å². The number of hydrogen-bond donors (Lipinski definition) is 3. The molecule has 0 aromatic rings. The molecule has 3 nitrogen and oxygen atoms in total. The number of rotatable bonds is 6. The van der Waals surface area contributed by atoms with Gasteiger partial charge in [0.25, 0.3) is 0 Å². The van der Waals surface area contributed by atoms with E-state index in [2.05, 4.69) is 17.7 Å². The fourth-order valence-electron chi connectivity index (χ4n) is 0.571. The smallest absolute Gasteiger partial charge is 0.0332 e. The van der Waals surface area contributed by atoms with Crippen LogP contribution in [0.25, 0.3) is 0 Å². The summed E-state index contributed by atoms with van der Waals surface area (Å²) in [7, 11) is 0. The lowest BCUT2D eigenvalue weighted by Crippen LogP contribution is -2.25. The summed E-state index contributed by atoms with van der Waals surface area (Å²) in [6, 6.07) is 0. The minimum Gasteiger partial charge on any atom is -0.317 e. The molecule has 0 unspecified atom stereocenters. The van der Waals surface area contributed by atoms with Crippen LogP contribution >= 0.6 is 0 Å². The van der Waals surface area contributed by atoms with Crippen LogP contribution in [0.4, 0.5) is 0 Å². The quantitative estimate of drug-likeness (QED) is 0.361. The van der Waals surface area contributed by atoms with Crippen molar-refractivity contribution >= 4 is 0 Å². The third-order valence-electron chi connectivity index (χ3n) is 1.12. The van der Waals surface area contributed by atoms with Gasteiger partial charge >= 0.3 is 0 Å². The van der Waals surface area contributed by atoms with E-state index in [0.29, 0.717) is 6.54 Å². The molecular formula is C6H16N2O. The van der Waals surface area contributed by atoms with E-state index in [-0.39, 0.29) is 0 Å². The SMILES string of the molecule is CCCCNCCNO. The topological polar surface area (TPSA) is 44.3 Å². The molecular weight excluding hydrogens is 116 g/mol. The summed E-state index contributed by atoms with van der Waals surface area (Å²) in [4.78, 5) is 0. The van der Waals surface area contributed by atoms with Gasteiger partial charge in [0.15, 0.2) is 0 Å². The second kappa shape index (κ2) is 7.88.